The second kappa shape index (κ2) is 23.9. The highest BCUT2D eigenvalue weighted by molar-refractivity contribution is 5.84. The van der Waals surface area contributed by atoms with Gasteiger partial charge in [-0.2, -0.15) is 13.2 Å². The number of carbonyl (C=O) groups excluding carboxylic acids is 2. The Bertz CT molecular complexity index is 1290. The maximum absolute atomic E-state index is 12.5. The molecule has 0 saturated heterocycles. The van der Waals surface area contributed by atoms with Crippen LogP contribution in [0.4, 0.5) is 13.2 Å². The van der Waals surface area contributed by atoms with E-state index in [-0.39, 0.29) is 24.9 Å². The van der Waals surface area contributed by atoms with Gasteiger partial charge in [0.15, 0.2) is 0 Å². The third-order valence-corrected chi connectivity index (χ3v) is 7.08. The molecule has 2 aromatic carbocycles. The molecule has 0 aromatic heterocycles. The fraction of sp³-hybridized carbons (Fsp3) is 0.500. The number of amides is 1. The molecule has 1 atom stereocenters. The van der Waals surface area contributed by atoms with E-state index in [2.05, 4.69) is 22.3 Å². The number of esters is 1. The first kappa shape index (κ1) is 41.7. The summed E-state index contributed by atoms with van der Waals surface area (Å²) < 4.78 is 48.1. The van der Waals surface area contributed by atoms with Crippen LogP contribution >= 0.6 is 0 Å². The Labute approximate surface area is 281 Å². The summed E-state index contributed by atoms with van der Waals surface area (Å²) in [6, 6.07) is 11.0. The highest BCUT2D eigenvalue weighted by atomic mass is 19.4. The molecular weight excluding hydrogens is 629 g/mol. The molecular formula is C36H49F3N2O7. The fourth-order valence-corrected chi connectivity index (χ4v) is 4.60. The van der Waals surface area contributed by atoms with Crippen LogP contribution in [0.1, 0.15) is 95.8 Å². The number of unbranched alkanes of at least 4 members (excludes halogenated alkanes) is 1. The van der Waals surface area contributed by atoms with Gasteiger partial charge >= 0.3 is 12.1 Å². The van der Waals surface area contributed by atoms with Gasteiger partial charge in [-0.05, 0) is 81.2 Å². The lowest BCUT2D eigenvalue weighted by Gasteiger charge is -2.14. The molecule has 0 spiro atoms. The molecule has 12 heteroatoms. The molecule has 1 saturated carbocycles. The van der Waals surface area contributed by atoms with Crippen LogP contribution in [0.25, 0.3) is 0 Å². The molecule has 0 heterocycles. The summed E-state index contributed by atoms with van der Waals surface area (Å²) in [6.45, 7) is 7.59. The van der Waals surface area contributed by atoms with Crippen molar-refractivity contribution in [2.45, 2.75) is 104 Å². The summed E-state index contributed by atoms with van der Waals surface area (Å²) in [4.78, 5) is 38.5. The summed E-state index contributed by atoms with van der Waals surface area (Å²) >= 11 is 0. The Morgan fingerprint density at radius 2 is 1.69 bits per heavy atom. The van der Waals surface area contributed by atoms with Crippen LogP contribution in [0.15, 0.2) is 72.8 Å². The molecule has 266 valence electrons. The van der Waals surface area contributed by atoms with E-state index < -0.39 is 28.8 Å². The molecule has 1 amide bonds. The van der Waals surface area contributed by atoms with E-state index in [1.54, 1.807) is 37.3 Å². The van der Waals surface area contributed by atoms with Crippen LogP contribution in [-0.4, -0.2) is 29.6 Å². The molecule has 2 aromatic rings. The molecule has 1 aliphatic carbocycles. The van der Waals surface area contributed by atoms with Crippen LogP contribution in [-0.2, 0) is 38.6 Å². The Kier molecular flexibility index (Phi) is 20.7. The third-order valence-electron chi connectivity index (χ3n) is 7.08. The summed E-state index contributed by atoms with van der Waals surface area (Å²) in [5, 5.41) is 12.0. The van der Waals surface area contributed by atoms with Crippen molar-refractivity contribution in [1.82, 2.24) is 5.32 Å². The van der Waals surface area contributed by atoms with Crippen LogP contribution in [0.5, 0.6) is 5.75 Å². The minimum atomic E-state index is -4.32. The molecule has 0 bridgehead atoms. The van der Waals surface area contributed by atoms with Crippen LogP contribution in [0.3, 0.4) is 0 Å². The highest BCUT2D eigenvalue weighted by Crippen LogP contribution is 2.31. The maximum Gasteiger partial charge on any atom is 0.416 e. The molecule has 3 rings (SSSR count). The molecule has 1 aliphatic rings. The predicted molar refractivity (Wildman–Crippen MR) is 178 cm³/mol. The van der Waals surface area contributed by atoms with Gasteiger partial charge in [-0.3, -0.25) is 4.79 Å². The first-order chi connectivity index (χ1) is 23.0. The molecule has 0 radical (unpaired) electrons. The van der Waals surface area contributed by atoms with Crippen molar-refractivity contribution >= 4 is 11.9 Å². The second-order valence-corrected chi connectivity index (χ2v) is 10.8. The van der Waals surface area contributed by atoms with Crippen LogP contribution < -0.4 is 10.1 Å². The smallest absolute Gasteiger partial charge is 0.416 e. The fourth-order valence-electron chi connectivity index (χ4n) is 4.60. The molecule has 1 N–H and O–H groups in total. The number of carbonyl (C=O) groups is 2. The Hall–Kier alpha value is -4.35. The number of nitrogens with zero attached hydrogens (tertiary/aromatic N) is 1. The molecule has 9 nitrogen and oxygen atoms in total. The van der Waals surface area contributed by atoms with Gasteiger partial charge in [-0.1, -0.05) is 81.3 Å². The van der Waals surface area contributed by atoms with E-state index in [0.717, 1.165) is 25.0 Å². The average Bonchev–Trinajstić information content (AvgIpc) is 3.59. The number of halogens is 3. The number of ether oxygens (including phenoxy) is 2. The number of rotatable bonds is 16. The lowest BCUT2D eigenvalue weighted by atomic mass is 10.1. The predicted octanol–water partition coefficient (Wildman–Crippen LogP) is 8.94. The lowest BCUT2D eigenvalue weighted by molar-refractivity contribution is -0.763. The second-order valence-electron chi connectivity index (χ2n) is 10.8. The zero-order chi connectivity index (χ0) is 35.8. The van der Waals surface area contributed by atoms with Crippen molar-refractivity contribution < 1.29 is 42.2 Å². The minimum absolute atomic E-state index is 0.0580. The van der Waals surface area contributed by atoms with Gasteiger partial charge in [0.2, 0.25) is 5.91 Å². The number of benzene rings is 2. The van der Waals surface area contributed by atoms with Gasteiger partial charge in [0, 0.05) is 6.42 Å². The van der Waals surface area contributed by atoms with Crippen molar-refractivity contribution in [3.05, 3.63) is 99.6 Å². The molecule has 1 fully saturated rings. The average molecular weight is 679 g/mol. The van der Waals surface area contributed by atoms with Crippen molar-refractivity contribution in [2.75, 3.05) is 6.61 Å². The number of hydrogen-bond donors (Lipinski definition) is 1. The van der Waals surface area contributed by atoms with Gasteiger partial charge in [-0.25, -0.2) is 4.79 Å². The zero-order valence-corrected chi connectivity index (χ0v) is 28.3. The number of alkyl halides is 3. The van der Waals surface area contributed by atoms with E-state index in [0.29, 0.717) is 36.5 Å². The zero-order valence-electron chi connectivity index (χ0n) is 28.3. The third kappa shape index (κ3) is 18.1. The summed E-state index contributed by atoms with van der Waals surface area (Å²) in [7, 11) is 0. The maximum atomic E-state index is 12.5. The summed E-state index contributed by atoms with van der Waals surface area (Å²) in [5.74, 6) is 0.174. The van der Waals surface area contributed by atoms with E-state index in [9.17, 15) is 32.9 Å². The topological polar surface area (TPSA) is 117 Å². The number of nitrogens with one attached hydrogen (secondary N) is 1. The Balaban J connectivity index is 0.000000469. The van der Waals surface area contributed by atoms with Crippen LogP contribution in [0, 0.1) is 16.0 Å². The first-order valence-electron chi connectivity index (χ1n) is 16.4. The van der Waals surface area contributed by atoms with Gasteiger partial charge in [0.1, 0.15) is 25.0 Å². The van der Waals surface area contributed by atoms with Gasteiger partial charge < -0.3 is 19.6 Å². The Morgan fingerprint density at radius 3 is 2.31 bits per heavy atom. The molecule has 48 heavy (non-hydrogen) atoms. The van der Waals surface area contributed by atoms with Gasteiger partial charge in [0.05, 0.1) is 12.2 Å². The van der Waals surface area contributed by atoms with Crippen molar-refractivity contribution in [3.63, 3.8) is 0 Å². The normalized spacial score (nSPS) is 13.6. The monoisotopic (exact) mass is 678 g/mol. The quantitative estimate of drug-likeness (QED) is 0.0619. The standard InChI is InChI=1S/C18H24N2O6.C16H19F3O.C2H6/c1-3-4-5-6-11-17(21)19-14(2)18(22)25-12-15-9-7-8-10-16(15)13-26-20(23)24;17-16(18,19)14-9-5-10-15(12-14)20-11-4-3-8-13-6-1-2-7-13;1-2/h3-4,7-10,14H,5-6,11-13H2,1-2H3,(H,19,21);3,5,8-10,12-13H,1-2,4,6-7,11H2;1-2H3/b4-3-;8-3+;. The van der Waals surface area contributed by atoms with E-state index >= 15 is 0 Å². The molecule has 0 aliphatic heterocycles. The van der Waals surface area contributed by atoms with Crippen molar-refractivity contribution in [2.24, 2.45) is 5.92 Å². The molecule has 1 unspecified atom stereocenters. The first-order valence-corrected chi connectivity index (χ1v) is 16.4. The van der Waals surface area contributed by atoms with Crippen LogP contribution in [0.2, 0.25) is 0 Å². The number of hydrogen-bond acceptors (Lipinski definition) is 7. The van der Waals surface area contributed by atoms with Gasteiger partial charge in [-0.15, -0.1) is 10.1 Å². The summed E-state index contributed by atoms with van der Waals surface area (Å²) in [6.07, 6.45) is 11.6. The van der Waals surface area contributed by atoms with Crippen molar-refractivity contribution in [1.29, 1.82) is 0 Å². The van der Waals surface area contributed by atoms with Crippen molar-refractivity contribution in [3.8, 4) is 5.75 Å². The Morgan fingerprint density at radius 1 is 1.02 bits per heavy atom. The van der Waals surface area contributed by atoms with Gasteiger partial charge in [0.25, 0.3) is 5.09 Å². The van der Waals surface area contributed by atoms with E-state index in [1.807, 2.05) is 32.9 Å². The summed E-state index contributed by atoms with van der Waals surface area (Å²) in [5.41, 5.74) is 0.488. The van der Waals surface area contributed by atoms with E-state index in [4.69, 9.17) is 9.47 Å². The number of allylic oxidation sites excluding steroid dienone is 3. The highest BCUT2D eigenvalue weighted by Gasteiger charge is 2.30. The van der Waals surface area contributed by atoms with E-state index in [1.165, 1.54) is 31.7 Å². The minimum Gasteiger partial charge on any atom is -0.493 e. The largest absolute Gasteiger partial charge is 0.493 e. The SMILES string of the molecule is C/C=C\CCCC(=O)NC(C)C(=O)OCc1ccccc1CO[N+](=O)[O-].CC.FC(F)(F)c1cccc(OCC/C=C/C2CCCC2)c1. The lowest BCUT2D eigenvalue weighted by Crippen LogP contribution is -2.39.